The lowest BCUT2D eigenvalue weighted by atomic mass is 10.0. The Bertz CT molecular complexity index is 728. The van der Waals surface area contributed by atoms with E-state index in [1.807, 2.05) is 54.6 Å². The summed E-state index contributed by atoms with van der Waals surface area (Å²) in [6.07, 6.45) is 2.59. The zero-order valence-electron chi connectivity index (χ0n) is 13.9. The summed E-state index contributed by atoms with van der Waals surface area (Å²) in [4.78, 5) is 23.9. The Balaban J connectivity index is 1.59. The van der Waals surface area contributed by atoms with Gasteiger partial charge >= 0.3 is 0 Å². The van der Waals surface area contributed by atoms with E-state index in [9.17, 15) is 9.59 Å². The van der Waals surface area contributed by atoms with Crippen LogP contribution in [0.25, 0.3) is 11.1 Å². The molecule has 2 amide bonds. The number of nitrogens with one attached hydrogen (secondary N) is 2. The maximum Gasteiger partial charge on any atom is 0.248 e. The first-order valence-electron chi connectivity index (χ1n) is 8.55. The van der Waals surface area contributed by atoms with E-state index in [-0.39, 0.29) is 24.3 Å². The molecular weight excluding hydrogens is 316 g/mol. The number of hydroxylamine groups is 1. The fourth-order valence-electron chi connectivity index (χ4n) is 3.42. The van der Waals surface area contributed by atoms with Gasteiger partial charge in [-0.1, -0.05) is 61.0 Å². The van der Waals surface area contributed by atoms with Crippen LogP contribution >= 0.6 is 0 Å². The van der Waals surface area contributed by atoms with E-state index < -0.39 is 5.91 Å². The van der Waals surface area contributed by atoms with Gasteiger partial charge in [0.05, 0.1) is 12.3 Å². The van der Waals surface area contributed by atoms with E-state index in [4.69, 9.17) is 5.21 Å². The standard InChI is InChI=1S/C20H22N2O3/c23-19(21-18-8-4-7-17(18)20(24)22-25)13-14-9-11-16(12-10-14)15-5-2-1-3-6-15/h1-3,5-6,9-12,17-18,25H,4,7-8,13H2,(H,21,23)(H,22,24)/t17-,18+/m0/s1. The van der Waals surface area contributed by atoms with Crippen LogP contribution in [0.5, 0.6) is 0 Å². The molecule has 2 atom stereocenters. The first-order chi connectivity index (χ1) is 12.2. The topological polar surface area (TPSA) is 78.4 Å². The molecule has 0 aromatic heterocycles. The van der Waals surface area contributed by atoms with E-state index in [1.54, 1.807) is 5.48 Å². The van der Waals surface area contributed by atoms with E-state index in [2.05, 4.69) is 5.32 Å². The summed E-state index contributed by atoms with van der Waals surface area (Å²) in [5.74, 6) is -0.875. The van der Waals surface area contributed by atoms with Crippen LogP contribution in [0.15, 0.2) is 54.6 Å². The number of carbonyl (C=O) groups is 2. The van der Waals surface area contributed by atoms with Crippen LogP contribution in [0.2, 0.25) is 0 Å². The summed E-state index contributed by atoms with van der Waals surface area (Å²) in [7, 11) is 0. The maximum absolute atomic E-state index is 12.3. The lowest BCUT2D eigenvalue weighted by Crippen LogP contribution is -2.43. The second-order valence-corrected chi connectivity index (χ2v) is 6.43. The van der Waals surface area contributed by atoms with Crippen molar-refractivity contribution >= 4 is 11.8 Å². The molecule has 0 radical (unpaired) electrons. The number of hydrogen-bond acceptors (Lipinski definition) is 3. The summed E-state index contributed by atoms with van der Waals surface area (Å²) in [5.41, 5.74) is 4.87. The molecule has 1 aliphatic rings. The molecule has 0 spiro atoms. The third-order valence-electron chi connectivity index (χ3n) is 4.74. The van der Waals surface area contributed by atoms with Crippen molar-refractivity contribution in [1.82, 2.24) is 10.8 Å². The molecule has 25 heavy (non-hydrogen) atoms. The Morgan fingerprint density at radius 3 is 2.32 bits per heavy atom. The molecule has 0 bridgehead atoms. The van der Waals surface area contributed by atoms with Gasteiger partial charge in [-0.05, 0) is 29.5 Å². The van der Waals surface area contributed by atoms with Crippen molar-refractivity contribution in [2.45, 2.75) is 31.7 Å². The molecule has 0 unspecified atom stereocenters. The van der Waals surface area contributed by atoms with Gasteiger partial charge in [-0.3, -0.25) is 14.8 Å². The highest BCUT2D eigenvalue weighted by atomic mass is 16.5. The maximum atomic E-state index is 12.3. The van der Waals surface area contributed by atoms with Crippen molar-refractivity contribution in [1.29, 1.82) is 0 Å². The number of hydrogen-bond donors (Lipinski definition) is 3. The molecule has 2 aromatic rings. The zero-order valence-corrected chi connectivity index (χ0v) is 13.9. The number of carbonyl (C=O) groups excluding carboxylic acids is 2. The van der Waals surface area contributed by atoms with Gasteiger partial charge in [0, 0.05) is 6.04 Å². The SMILES string of the molecule is O=C(Cc1ccc(-c2ccccc2)cc1)N[C@@H]1CCC[C@@H]1C(=O)NO. The van der Waals surface area contributed by atoms with Crippen molar-refractivity contribution in [2.24, 2.45) is 5.92 Å². The number of amides is 2. The van der Waals surface area contributed by atoms with Gasteiger partial charge in [0.2, 0.25) is 11.8 Å². The fourth-order valence-corrected chi connectivity index (χ4v) is 3.42. The lowest BCUT2D eigenvalue weighted by molar-refractivity contribution is -0.134. The summed E-state index contributed by atoms with van der Waals surface area (Å²) in [5, 5.41) is 11.7. The summed E-state index contributed by atoms with van der Waals surface area (Å²) in [6.45, 7) is 0. The van der Waals surface area contributed by atoms with Crippen LogP contribution < -0.4 is 10.8 Å². The first-order valence-corrected chi connectivity index (χ1v) is 8.55. The van der Waals surface area contributed by atoms with Gasteiger partial charge in [0.25, 0.3) is 0 Å². The van der Waals surface area contributed by atoms with Gasteiger partial charge in [-0.2, -0.15) is 0 Å². The van der Waals surface area contributed by atoms with Crippen molar-refractivity contribution in [2.75, 3.05) is 0 Å². The van der Waals surface area contributed by atoms with Crippen molar-refractivity contribution < 1.29 is 14.8 Å². The van der Waals surface area contributed by atoms with Gasteiger partial charge < -0.3 is 5.32 Å². The zero-order chi connectivity index (χ0) is 17.6. The lowest BCUT2D eigenvalue weighted by Gasteiger charge is -2.19. The molecule has 3 rings (SSSR count). The van der Waals surface area contributed by atoms with E-state index in [0.717, 1.165) is 29.5 Å². The predicted molar refractivity (Wildman–Crippen MR) is 94.8 cm³/mol. The molecule has 0 heterocycles. The minimum Gasteiger partial charge on any atom is -0.352 e. The summed E-state index contributed by atoms with van der Waals surface area (Å²) in [6, 6.07) is 17.8. The minimum atomic E-state index is -0.421. The normalized spacial score (nSPS) is 19.4. The molecule has 1 fully saturated rings. The van der Waals surface area contributed by atoms with Crippen LogP contribution in [-0.2, 0) is 16.0 Å². The largest absolute Gasteiger partial charge is 0.352 e. The molecule has 0 saturated heterocycles. The number of benzene rings is 2. The minimum absolute atomic E-state index is 0.102. The second-order valence-electron chi connectivity index (χ2n) is 6.43. The van der Waals surface area contributed by atoms with Crippen molar-refractivity contribution in [3.05, 3.63) is 60.2 Å². The van der Waals surface area contributed by atoms with Crippen molar-refractivity contribution in [3.63, 3.8) is 0 Å². The molecular formula is C20H22N2O3. The van der Waals surface area contributed by atoms with E-state index in [0.29, 0.717) is 6.42 Å². The van der Waals surface area contributed by atoms with Gasteiger partial charge in [-0.25, -0.2) is 5.48 Å². The Labute approximate surface area is 147 Å². The third kappa shape index (κ3) is 4.25. The predicted octanol–water partition coefficient (Wildman–Crippen LogP) is 2.69. The summed E-state index contributed by atoms with van der Waals surface area (Å²) >= 11 is 0. The molecule has 3 N–H and O–H groups in total. The summed E-state index contributed by atoms with van der Waals surface area (Å²) < 4.78 is 0. The molecule has 5 nitrogen and oxygen atoms in total. The van der Waals surface area contributed by atoms with Crippen LogP contribution in [0.3, 0.4) is 0 Å². The van der Waals surface area contributed by atoms with Crippen LogP contribution in [0.1, 0.15) is 24.8 Å². The van der Waals surface area contributed by atoms with E-state index >= 15 is 0 Å². The average Bonchev–Trinajstić information content (AvgIpc) is 3.10. The highest BCUT2D eigenvalue weighted by molar-refractivity contribution is 5.82. The average molecular weight is 338 g/mol. The van der Waals surface area contributed by atoms with Crippen LogP contribution in [0.4, 0.5) is 0 Å². The van der Waals surface area contributed by atoms with Gasteiger partial charge in [0.1, 0.15) is 0 Å². The van der Waals surface area contributed by atoms with Crippen molar-refractivity contribution in [3.8, 4) is 11.1 Å². The highest BCUT2D eigenvalue weighted by Crippen LogP contribution is 2.26. The molecule has 130 valence electrons. The fraction of sp³-hybridized carbons (Fsp3) is 0.300. The molecule has 5 heteroatoms. The van der Waals surface area contributed by atoms with Crippen LogP contribution in [0, 0.1) is 5.92 Å². The Morgan fingerprint density at radius 1 is 0.960 bits per heavy atom. The second kappa shape index (κ2) is 7.94. The Hall–Kier alpha value is -2.66. The first kappa shape index (κ1) is 17.2. The Kier molecular flexibility index (Phi) is 5.46. The highest BCUT2D eigenvalue weighted by Gasteiger charge is 2.33. The van der Waals surface area contributed by atoms with Crippen LogP contribution in [-0.4, -0.2) is 23.1 Å². The molecule has 2 aromatic carbocycles. The van der Waals surface area contributed by atoms with Gasteiger partial charge in [-0.15, -0.1) is 0 Å². The Morgan fingerprint density at radius 2 is 1.64 bits per heavy atom. The smallest absolute Gasteiger partial charge is 0.248 e. The quantitative estimate of drug-likeness (QED) is 0.579. The molecule has 1 saturated carbocycles. The third-order valence-corrected chi connectivity index (χ3v) is 4.74. The van der Waals surface area contributed by atoms with E-state index in [1.165, 1.54) is 0 Å². The molecule has 0 aliphatic heterocycles. The molecule has 1 aliphatic carbocycles. The van der Waals surface area contributed by atoms with Gasteiger partial charge in [0.15, 0.2) is 0 Å². The number of rotatable bonds is 5. The monoisotopic (exact) mass is 338 g/mol.